The van der Waals surface area contributed by atoms with Gasteiger partial charge >= 0.3 is 0 Å². The number of thioether (sulfide) groups is 1. The van der Waals surface area contributed by atoms with Crippen LogP contribution in [0.1, 0.15) is 17.5 Å². The van der Waals surface area contributed by atoms with Crippen molar-refractivity contribution < 1.29 is 14.3 Å². The molecule has 4 aromatic rings. The monoisotopic (exact) mass is 509 g/mol. The fraction of sp³-hybridized carbons (Fsp3) is 0.167. The molecule has 6 nitrogen and oxygen atoms in total. The third-order valence-electron chi connectivity index (χ3n) is 5.73. The number of aryl methyl sites for hydroxylation is 1. The smallest absolute Gasteiger partial charge is 0.225 e. The maximum Gasteiger partial charge on any atom is 0.225 e. The van der Waals surface area contributed by atoms with E-state index in [4.69, 9.17) is 14.5 Å². The lowest BCUT2D eigenvalue weighted by Gasteiger charge is -2.16. The lowest BCUT2D eigenvalue weighted by Crippen LogP contribution is -2.12. The number of hydrogen-bond donors (Lipinski definition) is 1. The van der Waals surface area contributed by atoms with Crippen LogP contribution in [0.4, 0.5) is 5.69 Å². The van der Waals surface area contributed by atoms with E-state index in [-0.39, 0.29) is 12.3 Å². The molecule has 0 unspecified atom stereocenters. The highest BCUT2D eigenvalue weighted by Gasteiger charge is 2.20. The van der Waals surface area contributed by atoms with Gasteiger partial charge < -0.3 is 14.8 Å². The van der Waals surface area contributed by atoms with E-state index in [2.05, 4.69) is 11.4 Å². The SMILES string of the molecule is COc1cccc(-c2cc(-c3ccccc3)nc(SCCC(=O)Nc3cccc(C)c3)c2C#N)c1OC. The van der Waals surface area contributed by atoms with E-state index in [1.54, 1.807) is 14.2 Å². The van der Waals surface area contributed by atoms with E-state index in [0.29, 0.717) is 33.4 Å². The molecule has 186 valence electrons. The van der Waals surface area contributed by atoms with Crippen molar-refractivity contribution in [1.82, 2.24) is 4.98 Å². The fourth-order valence-corrected chi connectivity index (χ4v) is 4.93. The Kier molecular flexibility index (Phi) is 8.44. The summed E-state index contributed by atoms with van der Waals surface area (Å²) in [6.45, 7) is 1.98. The van der Waals surface area contributed by atoms with Gasteiger partial charge in [0.05, 0.1) is 25.5 Å². The number of para-hydroxylation sites is 1. The number of carbonyl (C=O) groups excluding carboxylic acids is 1. The summed E-state index contributed by atoms with van der Waals surface area (Å²) in [7, 11) is 3.16. The van der Waals surface area contributed by atoms with Gasteiger partial charge in [0.25, 0.3) is 0 Å². The maximum atomic E-state index is 12.6. The van der Waals surface area contributed by atoms with Gasteiger partial charge in [-0.05, 0) is 36.8 Å². The number of rotatable bonds is 9. The van der Waals surface area contributed by atoms with Gasteiger partial charge in [-0.15, -0.1) is 11.8 Å². The molecular formula is C30H27N3O3S. The normalized spacial score (nSPS) is 10.4. The highest BCUT2D eigenvalue weighted by molar-refractivity contribution is 7.99. The molecule has 0 saturated heterocycles. The van der Waals surface area contributed by atoms with Crippen LogP contribution in [0.15, 0.2) is 83.9 Å². The van der Waals surface area contributed by atoms with Crippen LogP contribution in [0.3, 0.4) is 0 Å². The Hall–Kier alpha value is -4.28. The first kappa shape index (κ1) is 25.8. The lowest BCUT2D eigenvalue weighted by atomic mass is 9.98. The number of nitrogens with zero attached hydrogens (tertiary/aromatic N) is 2. The van der Waals surface area contributed by atoms with Gasteiger partial charge in [0, 0.05) is 34.6 Å². The zero-order valence-electron chi connectivity index (χ0n) is 20.9. The lowest BCUT2D eigenvalue weighted by molar-refractivity contribution is -0.115. The van der Waals surface area contributed by atoms with Crippen LogP contribution in [0.25, 0.3) is 22.4 Å². The molecule has 0 aliphatic rings. The molecule has 1 aromatic heterocycles. The van der Waals surface area contributed by atoms with Gasteiger partial charge in [0.1, 0.15) is 11.1 Å². The Labute approximate surface area is 221 Å². The van der Waals surface area contributed by atoms with Crippen LogP contribution in [0.5, 0.6) is 11.5 Å². The van der Waals surface area contributed by atoms with Gasteiger partial charge in [-0.25, -0.2) is 4.98 Å². The zero-order valence-corrected chi connectivity index (χ0v) is 21.8. The van der Waals surface area contributed by atoms with E-state index in [9.17, 15) is 10.1 Å². The van der Waals surface area contributed by atoms with E-state index in [0.717, 1.165) is 28.1 Å². The largest absolute Gasteiger partial charge is 0.493 e. The average Bonchev–Trinajstić information content (AvgIpc) is 2.92. The van der Waals surface area contributed by atoms with E-state index >= 15 is 0 Å². The van der Waals surface area contributed by atoms with E-state index < -0.39 is 0 Å². The highest BCUT2D eigenvalue weighted by Crippen LogP contribution is 2.42. The molecule has 0 saturated carbocycles. The van der Waals surface area contributed by atoms with E-state index in [1.807, 2.05) is 85.8 Å². The predicted octanol–water partition coefficient (Wildman–Crippen LogP) is 6.73. The second-order valence-corrected chi connectivity index (χ2v) is 9.35. The van der Waals surface area contributed by atoms with Crippen molar-refractivity contribution in [3.8, 4) is 40.0 Å². The number of hydrogen-bond acceptors (Lipinski definition) is 6. The molecule has 0 bridgehead atoms. The van der Waals surface area contributed by atoms with Gasteiger partial charge in [-0.3, -0.25) is 4.79 Å². The van der Waals surface area contributed by atoms with Crippen LogP contribution in [-0.2, 0) is 4.79 Å². The molecule has 1 amide bonds. The number of aromatic nitrogens is 1. The number of carbonyl (C=O) groups is 1. The minimum absolute atomic E-state index is 0.0921. The van der Waals surface area contributed by atoms with Crippen molar-refractivity contribution in [3.63, 3.8) is 0 Å². The number of methoxy groups -OCH3 is 2. The Bertz CT molecular complexity index is 1450. The number of pyridine rings is 1. The number of benzene rings is 3. The Balaban J connectivity index is 1.68. The van der Waals surface area contributed by atoms with Crippen molar-refractivity contribution >= 4 is 23.4 Å². The number of nitriles is 1. The summed E-state index contributed by atoms with van der Waals surface area (Å²) >= 11 is 1.39. The Morgan fingerprint density at radius 1 is 0.973 bits per heavy atom. The topological polar surface area (TPSA) is 84.2 Å². The molecule has 0 aliphatic heterocycles. The van der Waals surface area contributed by atoms with E-state index in [1.165, 1.54) is 11.8 Å². The molecule has 4 rings (SSSR count). The average molecular weight is 510 g/mol. The summed E-state index contributed by atoms with van der Waals surface area (Å²) in [6, 6.07) is 27.3. The summed E-state index contributed by atoms with van der Waals surface area (Å²) < 4.78 is 11.2. The van der Waals surface area contributed by atoms with Gasteiger partial charge in [-0.2, -0.15) is 5.26 Å². The van der Waals surface area contributed by atoms with Crippen LogP contribution >= 0.6 is 11.8 Å². The molecule has 37 heavy (non-hydrogen) atoms. The second kappa shape index (κ2) is 12.1. The number of amides is 1. The second-order valence-electron chi connectivity index (χ2n) is 8.27. The summed E-state index contributed by atoms with van der Waals surface area (Å²) in [4.78, 5) is 17.4. The van der Waals surface area contributed by atoms with Crippen LogP contribution in [0.2, 0.25) is 0 Å². The van der Waals surface area contributed by atoms with Crippen LogP contribution in [-0.4, -0.2) is 30.9 Å². The maximum absolute atomic E-state index is 12.6. The molecule has 0 radical (unpaired) electrons. The molecule has 0 fully saturated rings. The number of nitrogens with one attached hydrogen (secondary N) is 1. The molecule has 7 heteroatoms. The number of anilines is 1. The van der Waals surface area contributed by atoms with Crippen molar-refractivity contribution in [2.45, 2.75) is 18.4 Å². The first-order chi connectivity index (χ1) is 18.0. The summed E-state index contributed by atoms with van der Waals surface area (Å²) in [5.74, 6) is 1.49. The predicted molar refractivity (Wildman–Crippen MR) is 148 cm³/mol. The first-order valence-corrected chi connectivity index (χ1v) is 12.7. The molecule has 0 aliphatic carbocycles. The van der Waals surface area contributed by atoms with Gasteiger partial charge in [0.2, 0.25) is 5.91 Å². The molecular weight excluding hydrogens is 482 g/mol. The third-order valence-corrected chi connectivity index (χ3v) is 6.71. The molecule has 0 atom stereocenters. The van der Waals surface area contributed by atoms with Gasteiger partial charge in [-0.1, -0.05) is 54.6 Å². The van der Waals surface area contributed by atoms with Gasteiger partial charge in [0.15, 0.2) is 11.5 Å². The zero-order chi connectivity index (χ0) is 26.2. The summed E-state index contributed by atoms with van der Waals surface area (Å²) in [5.41, 5.74) is 5.35. The third kappa shape index (κ3) is 6.11. The number of ether oxygens (including phenoxy) is 2. The van der Waals surface area contributed by atoms with Crippen molar-refractivity contribution in [2.75, 3.05) is 25.3 Å². The Morgan fingerprint density at radius 3 is 2.46 bits per heavy atom. The Morgan fingerprint density at radius 2 is 1.76 bits per heavy atom. The van der Waals surface area contributed by atoms with Crippen molar-refractivity contribution in [3.05, 3.63) is 90.0 Å². The van der Waals surface area contributed by atoms with Crippen LogP contribution in [0, 0.1) is 18.3 Å². The van der Waals surface area contributed by atoms with Crippen molar-refractivity contribution in [1.29, 1.82) is 5.26 Å². The summed E-state index contributed by atoms with van der Waals surface area (Å²) in [6.07, 6.45) is 0.276. The quantitative estimate of drug-likeness (QED) is 0.252. The molecule has 1 N–H and O–H groups in total. The van der Waals surface area contributed by atoms with Crippen molar-refractivity contribution in [2.24, 2.45) is 0 Å². The minimum Gasteiger partial charge on any atom is -0.493 e. The highest BCUT2D eigenvalue weighted by atomic mass is 32.2. The minimum atomic E-state index is -0.0921. The van der Waals surface area contributed by atoms with Crippen LogP contribution < -0.4 is 14.8 Å². The fourth-order valence-electron chi connectivity index (χ4n) is 3.99. The summed E-state index contributed by atoms with van der Waals surface area (Å²) in [5, 5.41) is 13.7. The standard InChI is InChI=1S/C30H27N3O3S/c1-20-9-7-12-22(17-20)32-28(34)15-16-37-30-25(19-31)24(18-26(33-30)21-10-5-4-6-11-21)23-13-8-14-27(35-2)29(23)36-3/h4-14,17-18H,15-16H2,1-3H3,(H,32,34). The molecule has 3 aromatic carbocycles. The first-order valence-electron chi connectivity index (χ1n) is 11.7. The molecule has 0 spiro atoms. The molecule has 1 heterocycles.